The quantitative estimate of drug-likeness (QED) is 0.0326. The molecule has 0 aromatic rings. The molecule has 0 heteroatoms. The standard InChI is InChI=1S/C59H110/c1-7-12-17-22-25-28-30-32-33-35-37-40-45-50-55-58(54-49-44-39-36-34-31-29-26-23-18-13-8-2)59(56(6)51-46-41-20-15-10-4)57(52-47-42-21-16-11-5)53-48-43-38-27-24-19-14-9-3/h7-9,52,56H,1-3,10-51,53-55H2,4-6H3. The van der Waals surface area contributed by atoms with Crippen LogP contribution >= 0.6 is 0 Å². The minimum atomic E-state index is 0.709. The topological polar surface area (TPSA) is 0 Å². The van der Waals surface area contributed by atoms with Crippen molar-refractivity contribution in [2.75, 3.05) is 0 Å². The maximum atomic E-state index is 3.94. The summed E-state index contributed by atoms with van der Waals surface area (Å²) in [6.07, 6.45) is 71.5. The molecule has 0 saturated heterocycles. The molecule has 0 aromatic heterocycles. The molecule has 0 radical (unpaired) electrons. The van der Waals surface area contributed by atoms with Gasteiger partial charge in [0.1, 0.15) is 0 Å². The van der Waals surface area contributed by atoms with E-state index in [1.807, 2.05) is 11.1 Å². The summed E-state index contributed by atoms with van der Waals surface area (Å²) in [4.78, 5) is 0. The molecular formula is C59H110. The zero-order valence-electron chi connectivity index (χ0n) is 41.3. The van der Waals surface area contributed by atoms with Crippen LogP contribution in [0.15, 0.2) is 60.8 Å². The van der Waals surface area contributed by atoms with E-state index < -0.39 is 0 Å². The van der Waals surface area contributed by atoms with Crippen molar-refractivity contribution in [2.45, 2.75) is 310 Å². The van der Waals surface area contributed by atoms with Crippen LogP contribution in [0.3, 0.4) is 0 Å². The van der Waals surface area contributed by atoms with Crippen molar-refractivity contribution in [1.82, 2.24) is 0 Å². The van der Waals surface area contributed by atoms with Crippen LogP contribution in [-0.2, 0) is 0 Å². The van der Waals surface area contributed by atoms with E-state index in [0.29, 0.717) is 5.92 Å². The van der Waals surface area contributed by atoms with Crippen molar-refractivity contribution in [3.8, 4) is 0 Å². The van der Waals surface area contributed by atoms with E-state index in [4.69, 9.17) is 0 Å². The van der Waals surface area contributed by atoms with E-state index in [1.165, 1.54) is 289 Å². The molecule has 0 aliphatic carbocycles. The van der Waals surface area contributed by atoms with Gasteiger partial charge in [0.25, 0.3) is 0 Å². The highest BCUT2D eigenvalue weighted by atomic mass is 14.2. The number of hydrogen-bond acceptors (Lipinski definition) is 0. The molecule has 0 heterocycles. The van der Waals surface area contributed by atoms with Crippen LogP contribution in [0.25, 0.3) is 0 Å². The lowest BCUT2D eigenvalue weighted by molar-refractivity contribution is 0.516. The third-order valence-electron chi connectivity index (χ3n) is 13.3. The van der Waals surface area contributed by atoms with Gasteiger partial charge in [-0.1, -0.05) is 243 Å². The van der Waals surface area contributed by atoms with Gasteiger partial charge >= 0.3 is 0 Å². The Balaban J connectivity index is 5.76. The second-order valence-electron chi connectivity index (χ2n) is 19.1. The highest BCUT2D eigenvalue weighted by Crippen LogP contribution is 2.36. The van der Waals surface area contributed by atoms with Gasteiger partial charge in [-0.05, 0) is 113 Å². The highest BCUT2D eigenvalue weighted by Gasteiger charge is 2.19. The summed E-state index contributed by atoms with van der Waals surface area (Å²) in [7, 11) is 0. The van der Waals surface area contributed by atoms with E-state index in [1.54, 1.807) is 5.57 Å². The molecule has 1 unspecified atom stereocenters. The molecule has 346 valence electrons. The minimum absolute atomic E-state index is 0.709. The maximum absolute atomic E-state index is 3.94. The first-order chi connectivity index (χ1) is 29.2. The molecule has 0 nitrogen and oxygen atoms in total. The van der Waals surface area contributed by atoms with Gasteiger partial charge in [0, 0.05) is 0 Å². The van der Waals surface area contributed by atoms with Crippen LogP contribution in [0.2, 0.25) is 0 Å². The first kappa shape index (κ1) is 57.7. The molecule has 0 saturated carbocycles. The molecule has 1 atom stereocenters. The van der Waals surface area contributed by atoms with Gasteiger partial charge in [0.15, 0.2) is 0 Å². The molecule has 0 rings (SSSR count). The number of unbranched alkanes of at least 4 members (excludes halogenated alkanes) is 36. The van der Waals surface area contributed by atoms with Gasteiger partial charge < -0.3 is 0 Å². The molecule has 0 fully saturated rings. The summed E-state index contributed by atoms with van der Waals surface area (Å²) in [6, 6.07) is 0. The van der Waals surface area contributed by atoms with Crippen LogP contribution in [0.4, 0.5) is 0 Å². The maximum Gasteiger partial charge on any atom is -0.0188 e. The summed E-state index contributed by atoms with van der Waals surface area (Å²) in [6.45, 7) is 19.1. The Morgan fingerprint density at radius 3 is 1.00 bits per heavy atom. The van der Waals surface area contributed by atoms with Crippen molar-refractivity contribution in [2.24, 2.45) is 5.92 Å². The van der Waals surface area contributed by atoms with Gasteiger partial charge in [-0.2, -0.15) is 0 Å². The Morgan fingerprint density at radius 1 is 0.339 bits per heavy atom. The zero-order valence-corrected chi connectivity index (χ0v) is 41.3. The second kappa shape index (κ2) is 49.4. The van der Waals surface area contributed by atoms with E-state index in [2.05, 4.69) is 64.8 Å². The zero-order chi connectivity index (χ0) is 43.0. The molecule has 0 aliphatic rings. The van der Waals surface area contributed by atoms with Crippen LogP contribution in [0.1, 0.15) is 310 Å². The van der Waals surface area contributed by atoms with Crippen molar-refractivity contribution < 1.29 is 0 Å². The summed E-state index contributed by atoms with van der Waals surface area (Å²) < 4.78 is 0. The van der Waals surface area contributed by atoms with Crippen molar-refractivity contribution in [1.29, 1.82) is 0 Å². The molecule has 0 amide bonds. The van der Waals surface area contributed by atoms with Crippen molar-refractivity contribution in [3.63, 3.8) is 0 Å². The van der Waals surface area contributed by atoms with Crippen molar-refractivity contribution >= 4 is 0 Å². The van der Waals surface area contributed by atoms with E-state index >= 15 is 0 Å². The lowest BCUT2D eigenvalue weighted by Crippen LogP contribution is -2.09. The largest absolute Gasteiger partial charge is 0.103 e. The third-order valence-corrected chi connectivity index (χ3v) is 13.3. The average molecular weight is 820 g/mol. The smallest absolute Gasteiger partial charge is 0.0188 e. The average Bonchev–Trinajstić information content (AvgIpc) is 3.24. The van der Waals surface area contributed by atoms with Gasteiger partial charge in [0.05, 0.1) is 0 Å². The molecule has 0 aromatic carbocycles. The fourth-order valence-corrected chi connectivity index (χ4v) is 9.43. The number of allylic oxidation sites excluding steroid dienone is 7. The Labute approximate surface area is 374 Å². The summed E-state index contributed by atoms with van der Waals surface area (Å²) >= 11 is 0. The molecule has 0 aliphatic heterocycles. The summed E-state index contributed by atoms with van der Waals surface area (Å²) in [5.41, 5.74) is 5.59. The molecule has 0 N–H and O–H groups in total. The van der Waals surface area contributed by atoms with Crippen LogP contribution in [0.5, 0.6) is 0 Å². The van der Waals surface area contributed by atoms with Gasteiger partial charge in [-0.15, -0.1) is 19.7 Å². The van der Waals surface area contributed by atoms with Crippen LogP contribution < -0.4 is 0 Å². The van der Waals surface area contributed by atoms with E-state index in [0.717, 1.165) is 0 Å². The first-order valence-electron chi connectivity index (χ1n) is 27.4. The Hall–Kier alpha value is -1.30. The normalized spacial score (nSPS) is 12.8. The van der Waals surface area contributed by atoms with Gasteiger partial charge in [-0.3, -0.25) is 0 Å². The Kier molecular flexibility index (Phi) is 48.3. The van der Waals surface area contributed by atoms with Gasteiger partial charge in [0.2, 0.25) is 0 Å². The van der Waals surface area contributed by atoms with E-state index in [9.17, 15) is 0 Å². The third kappa shape index (κ3) is 40.5. The first-order valence-corrected chi connectivity index (χ1v) is 27.4. The monoisotopic (exact) mass is 819 g/mol. The van der Waals surface area contributed by atoms with Gasteiger partial charge in [-0.25, -0.2) is 0 Å². The van der Waals surface area contributed by atoms with Crippen LogP contribution in [-0.4, -0.2) is 0 Å². The summed E-state index contributed by atoms with van der Waals surface area (Å²) in [5.74, 6) is 0.709. The highest BCUT2D eigenvalue weighted by molar-refractivity contribution is 5.37. The minimum Gasteiger partial charge on any atom is -0.103 e. The lowest BCUT2D eigenvalue weighted by atomic mass is 9.80. The molecule has 59 heavy (non-hydrogen) atoms. The number of hydrogen-bond donors (Lipinski definition) is 0. The number of rotatable bonds is 50. The fraction of sp³-hybridized carbons (Fsp3) is 0.831. The SMILES string of the molecule is C=CCCCCCCCCCCCCCCC(CCCCCCCCCCCCC=C)=C(C(=CCCCCCC)CCCCCCCCC=C)C(C)CCCCCCC. The predicted molar refractivity (Wildman–Crippen MR) is 274 cm³/mol. The Morgan fingerprint density at radius 2 is 0.627 bits per heavy atom. The second-order valence-corrected chi connectivity index (χ2v) is 19.1. The van der Waals surface area contributed by atoms with Crippen molar-refractivity contribution in [3.05, 3.63) is 60.8 Å². The van der Waals surface area contributed by atoms with Crippen LogP contribution in [0, 0.1) is 5.92 Å². The lowest BCUT2D eigenvalue weighted by Gasteiger charge is -2.25. The predicted octanol–water partition coefficient (Wildman–Crippen LogP) is 22.0. The molecular weight excluding hydrogens is 709 g/mol. The molecule has 0 spiro atoms. The summed E-state index contributed by atoms with van der Waals surface area (Å²) in [5, 5.41) is 0. The Bertz CT molecular complexity index is 930. The van der Waals surface area contributed by atoms with E-state index in [-0.39, 0.29) is 0 Å². The fourth-order valence-electron chi connectivity index (χ4n) is 9.43. The molecule has 0 bridgehead atoms.